The van der Waals surface area contributed by atoms with Gasteiger partial charge in [-0.2, -0.15) is 0 Å². The molecule has 0 spiro atoms. The molecule has 4 heteroatoms. The minimum atomic E-state index is -0.0466. The number of H-pyrrole nitrogens is 1. The summed E-state index contributed by atoms with van der Waals surface area (Å²) in [5.74, 6) is 0.845. The number of anilines is 1. The van der Waals surface area contributed by atoms with Crippen LogP contribution in [0.5, 0.6) is 5.75 Å². The van der Waals surface area contributed by atoms with Crippen LogP contribution in [0.1, 0.15) is 23.6 Å². The van der Waals surface area contributed by atoms with Crippen molar-refractivity contribution in [3.8, 4) is 5.75 Å². The molecule has 1 aromatic heterocycles. The summed E-state index contributed by atoms with van der Waals surface area (Å²) in [7, 11) is 0. The number of aromatic nitrogens is 1. The number of hydrogen-bond acceptors (Lipinski definition) is 3. The number of aromatic amines is 1. The Morgan fingerprint density at radius 1 is 1.08 bits per heavy atom. The van der Waals surface area contributed by atoms with Crippen molar-refractivity contribution >= 4 is 16.6 Å². The molecular weight excluding hydrogens is 300 g/mol. The van der Waals surface area contributed by atoms with Gasteiger partial charge in [-0.3, -0.25) is 4.79 Å². The number of pyridine rings is 1. The Labute approximate surface area is 141 Å². The van der Waals surface area contributed by atoms with Crippen LogP contribution in [0.15, 0.2) is 47.3 Å². The van der Waals surface area contributed by atoms with Crippen LogP contribution in [0.25, 0.3) is 10.9 Å². The van der Waals surface area contributed by atoms with E-state index in [9.17, 15) is 4.79 Å². The van der Waals surface area contributed by atoms with E-state index in [0.29, 0.717) is 13.2 Å². The summed E-state index contributed by atoms with van der Waals surface area (Å²) in [6, 6.07) is 13.8. The molecule has 0 amide bonds. The molecule has 0 aliphatic carbocycles. The number of rotatable bonds is 5. The molecule has 3 aromatic rings. The molecule has 0 aliphatic rings. The van der Waals surface area contributed by atoms with Crippen LogP contribution in [0.4, 0.5) is 5.69 Å². The van der Waals surface area contributed by atoms with Crippen molar-refractivity contribution in [3.63, 3.8) is 0 Å². The topological polar surface area (TPSA) is 54.1 Å². The van der Waals surface area contributed by atoms with E-state index in [1.807, 2.05) is 50.2 Å². The van der Waals surface area contributed by atoms with Gasteiger partial charge in [-0.05, 0) is 67.6 Å². The zero-order valence-corrected chi connectivity index (χ0v) is 14.3. The molecular formula is C20H22N2O2. The van der Waals surface area contributed by atoms with Crippen molar-refractivity contribution in [2.24, 2.45) is 0 Å². The normalized spacial score (nSPS) is 10.8. The smallest absolute Gasteiger partial charge is 0.253 e. The third-order valence-electron chi connectivity index (χ3n) is 4.28. The highest BCUT2D eigenvalue weighted by atomic mass is 16.5. The highest BCUT2D eigenvalue weighted by molar-refractivity contribution is 5.83. The Morgan fingerprint density at radius 2 is 1.83 bits per heavy atom. The fourth-order valence-corrected chi connectivity index (χ4v) is 2.73. The lowest BCUT2D eigenvalue weighted by Crippen LogP contribution is -2.16. The molecule has 0 unspecified atom stereocenters. The molecule has 0 bridgehead atoms. The quantitative estimate of drug-likeness (QED) is 0.742. The molecule has 0 aliphatic heterocycles. The summed E-state index contributed by atoms with van der Waals surface area (Å²) in [6.07, 6.45) is 0. The Kier molecular flexibility index (Phi) is 4.56. The van der Waals surface area contributed by atoms with Gasteiger partial charge in [0.15, 0.2) is 0 Å². The van der Waals surface area contributed by atoms with Crippen LogP contribution in [-0.2, 0) is 6.54 Å². The zero-order valence-electron chi connectivity index (χ0n) is 14.3. The van der Waals surface area contributed by atoms with Crippen LogP contribution in [-0.4, -0.2) is 11.6 Å². The third-order valence-corrected chi connectivity index (χ3v) is 4.28. The highest BCUT2D eigenvalue weighted by Gasteiger charge is 2.06. The lowest BCUT2D eigenvalue weighted by atomic mass is 10.0. The van der Waals surface area contributed by atoms with Crippen molar-refractivity contribution in [1.29, 1.82) is 0 Å². The van der Waals surface area contributed by atoms with E-state index in [-0.39, 0.29) is 5.56 Å². The highest BCUT2D eigenvalue weighted by Crippen LogP contribution is 2.20. The van der Waals surface area contributed by atoms with Gasteiger partial charge in [0.05, 0.1) is 12.1 Å². The molecule has 24 heavy (non-hydrogen) atoms. The van der Waals surface area contributed by atoms with E-state index in [2.05, 4.69) is 23.3 Å². The molecule has 0 radical (unpaired) electrons. The molecule has 124 valence electrons. The Morgan fingerprint density at radius 3 is 2.54 bits per heavy atom. The summed E-state index contributed by atoms with van der Waals surface area (Å²) in [5.41, 5.74) is 4.85. The first-order valence-corrected chi connectivity index (χ1v) is 8.17. The second-order valence-electron chi connectivity index (χ2n) is 5.91. The Bertz CT molecular complexity index is 911. The van der Waals surface area contributed by atoms with Gasteiger partial charge in [-0.1, -0.05) is 12.1 Å². The zero-order chi connectivity index (χ0) is 17.1. The first-order chi connectivity index (χ1) is 11.6. The van der Waals surface area contributed by atoms with E-state index < -0.39 is 0 Å². The number of nitrogens with one attached hydrogen (secondary N) is 2. The third kappa shape index (κ3) is 3.27. The summed E-state index contributed by atoms with van der Waals surface area (Å²) in [5, 5.41) is 4.34. The van der Waals surface area contributed by atoms with Gasteiger partial charge in [0.25, 0.3) is 5.56 Å². The SMILES string of the molecule is CCOc1ccc(NCc2cc3ccc(C)c(C)c3[nH]c2=O)cc1. The van der Waals surface area contributed by atoms with Gasteiger partial charge in [0, 0.05) is 17.8 Å². The maximum atomic E-state index is 12.3. The molecule has 4 nitrogen and oxygen atoms in total. The number of hydrogen-bond donors (Lipinski definition) is 2. The fourth-order valence-electron chi connectivity index (χ4n) is 2.73. The predicted molar refractivity (Wildman–Crippen MR) is 99.0 cm³/mol. The number of benzene rings is 2. The van der Waals surface area contributed by atoms with E-state index in [0.717, 1.165) is 33.5 Å². The van der Waals surface area contributed by atoms with Gasteiger partial charge in [-0.15, -0.1) is 0 Å². The van der Waals surface area contributed by atoms with E-state index in [4.69, 9.17) is 4.74 Å². The molecule has 1 heterocycles. The number of fused-ring (bicyclic) bond motifs is 1. The van der Waals surface area contributed by atoms with Gasteiger partial charge >= 0.3 is 0 Å². The number of ether oxygens (including phenoxy) is 1. The lowest BCUT2D eigenvalue weighted by Gasteiger charge is -2.10. The van der Waals surface area contributed by atoms with E-state index >= 15 is 0 Å². The molecule has 2 aromatic carbocycles. The maximum Gasteiger partial charge on any atom is 0.253 e. The summed E-state index contributed by atoms with van der Waals surface area (Å²) >= 11 is 0. The fraction of sp³-hybridized carbons (Fsp3) is 0.250. The summed E-state index contributed by atoms with van der Waals surface area (Å²) < 4.78 is 5.43. The lowest BCUT2D eigenvalue weighted by molar-refractivity contribution is 0.340. The molecule has 0 saturated heterocycles. The first-order valence-electron chi connectivity index (χ1n) is 8.17. The summed E-state index contributed by atoms with van der Waals surface area (Å²) in [6.45, 7) is 7.17. The molecule has 3 rings (SSSR count). The van der Waals surface area contributed by atoms with E-state index in [1.54, 1.807) is 0 Å². The van der Waals surface area contributed by atoms with Gasteiger partial charge in [0.1, 0.15) is 5.75 Å². The largest absolute Gasteiger partial charge is 0.494 e. The summed E-state index contributed by atoms with van der Waals surface area (Å²) in [4.78, 5) is 15.4. The van der Waals surface area contributed by atoms with Crippen molar-refractivity contribution in [3.05, 3.63) is 69.5 Å². The maximum absolute atomic E-state index is 12.3. The van der Waals surface area contributed by atoms with Crippen molar-refractivity contribution in [1.82, 2.24) is 4.98 Å². The second kappa shape index (κ2) is 6.79. The van der Waals surface area contributed by atoms with E-state index in [1.165, 1.54) is 5.56 Å². The predicted octanol–water partition coefficient (Wildman–Crippen LogP) is 4.16. The van der Waals surface area contributed by atoms with Gasteiger partial charge in [0.2, 0.25) is 0 Å². The monoisotopic (exact) mass is 322 g/mol. The number of aryl methyl sites for hydroxylation is 2. The molecule has 2 N–H and O–H groups in total. The van der Waals surface area contributed by atoms with Crippen LogP contribution < -0.4 is 15.6 Å². The Hall–Kier alpha value is -2.75. The average molecular weight is 322 g/mol. The molecule has 0 atom stereocenters. The molecule has 0 fully saturated rings. The average Bonchev–Trinajstić information content (AvgIpc) is 2.59. The van der Waals surface area contributed by atoms with Crippen LogP contribution in [0.2, 0.25) is 0 Å². The van der Waals surface area contributed by atoms with Crippen molar-refractivity contribution < 1.29 is 4.74 Å². The molecule has 0 saturated carbocycles. The minimum absolute atomic E-state index is 0.0466. The first kappa shape index (κ1) is 16.1. The van der Waals surface area contributed by atoms with Gasteiger partial charge < -0.3 is 15.0 Å². The van der Waals surface area contributed by atoms with Gasteiger partial charge in [-0.25, -0.2) is 0 Å². The standard InChI is InChI=1S/C20H22N2O2/c1-4-24-18-9-7-17(8-10-18)21-12-16-11-15-6-5-13(2)14(3)19(15)22-20(16)23/h5-11,21H,4,12H2,1-3H3,(H,22,23). The van der Waals surface area contributed by atoms with Crippen LogP contribution in [0.3, 0.4) is 0 Å². The Balaban J connectivity index is 1.81. The minimum Gasteiger partial charge on any atom is -0.494 e. The van der Waals surface area contributed by atoms with Crippen LogP contribution in [0, 0.1) is 13.8 Å². The second-order valence-corrected chi connectivity index (χ2v) is 5.91. The van der Waals surface area contributed by atoms with Crippen molar-refractivity contribution in [2.45, 2.75) is 27.3 Å². The van der Waals surface area contributed by atoms with Crippen LogP contribution >= 0.6 is 0 Å². The van der Waals surface area contributed by atoms with Crippen molar-refractivity contribution in [2.75, 3.05) is 11.9 Å².